The number of carbonyl (C=O) groups is 2. The topological polar surface area (TPSA) is 52.7 Å². The van der Waals surface area contributed by atoms with Gasteiger partial charge in [0.2, 0.25) is 11.8 Å². The molecule has 0 bridgehead atoms. The number of nitrogens with zero attached hydrogens (tertiary/aromatic N) is 2. The largest absolute Gasteiger partial charge is 0.339 e. The highest BCUT2D eigenvalue weighted by molar-refractivity contribution is 8.00. The molecule has 0 aromatic heterocycles. The molecule has 0 unspecified atom stereocenters. The van der Waals surface area contributed by atoms with Gasteiger partial charge >= 0.3 is 0 Å². The van der Waals surface area contributed by atoms with Crippen molar-refractivity contribution in [3.63, 3.8) is 0 Å². The van der Waals surface area contributed by atoms with Crippen molar-refractivity contribution in [1.82, 2.24) is 15.1 Å². The lowest BCUT2D eigenvalue weighted by molar-refractivity contribution is -0.138. The summed E-state index contributed by atoms with van der Waals surface area (Å²) in [6, 6.07) is 0. The second kappa shape index (κ2) is 6.32. The molecule has 2 amide bonds. The lowest BCUT2D eigenvalue weighted by Crippen LogP contribution is -2.49. The van der Waals surface area contributed by atoms with Crippen LogP contribution in [0, 0.1) is 0 Å². The molecule has 2 aliphatic heterocycles. The van der Waals surface area contributed by atoms with Gasteiger partial charge in [-0.25, -0.2) is 0 Å². The minimum atomic E-state index is 0. The van der Waals surface area contributed by atoms with Crippen LogP contribution in [0.15, 0.2) is 0 Å². The number of hydrogen-bond acceptors (Lipinski definition) is 4. The molecule has 92 valence electrons. The molecule has 1 N–H and O–H groups in total. The summed E-state index contributed by atoms with van der Waals surface area (Å²) in [5.74, 6) is 1.35. The number of nitrogens with one attached hydrogen (secondary N) is 1. The highest BCUT2D eigenvalue weighted by Crippen LogP contribution is 2.14. The van der Waals surface area contributed by atoms with E-state index in [1.165, 1.54) is 0 Å². The van der Waals surface area contributed by atoms with E-state index in [0.717, 1.165) is 26.2 Å². The van der Waals surface area contributed by atoms with Crippen LogP contribution in [0.2, 0.25) is 0 Å². The molecule has 0 spiro atoms. The Bertz CT molecular complexity index is 271. The number of piperazine rings is 1. The first-order valence-electron chi connectivity index (χ1n) is 5.11. The zero-order chi connectivity index (χ0) is 10.7. The number of halogens is 1. The van der Waals surface area contributed by atoms with Crippen molar-refractivity contribution in [3.8, 4) is 0 Å². The predicted octanol–water partition coefficient (Wildman–Crippen LogP) is -0.627. The van der Waals surface area contributed by atoms with Gasteiger partial charge in [0.1, 0.15) is 6.54 Å². The van der Waals surface area contributed by atoms with Gasteiger partial charge in [-0.05, 0) is 0 Å². The summed E-state index contributed by atoms with van der Waals surface area (Å²) in [5.41, 5.74) is 0. The fourth-order valence-corrected chi connectivity index (χ4v) is 2.62. The first kappa shape index (κ1) is 13.6. The summed E-state index contributed by atoms with van der Waals surface area (Å²) >= 11 is 1.57. The third-order valence-corrected chi connectivity index (χ3v) is 3.57. The van der Waals surface area contributed by atoms with E-state index in [0.29, 0.717) is 11.6 Å². The van der Waals surface area contributed by atoms with Gasteiger partial charge in [-0.15, -0.1) is 24.2 Å². The first-order chi connectivity index (χ1) is 7.27. The van der Waals surface area contributed by atoms with Gasteiger partial charge in [-0.2, -0.15) is 0 Å². The summed E-state index contributed by atoms with van der Waals surface area (Å²) in [6.07, 6.45) is 0. The van der Waals surface area contributed by atoms with Crippen molar-refractivity contribution in [2.75, 3.05) is 44.4 Å². The van der Waals surface area contributed by atoms with E-state index < -0.39 is 0 Å². The minimum absolute atomic E-state index is 0. The summed E-state index contributed by atoms with van der Waals surface area (Å²) in [4.78, 5) is 26.6. The molecule has 2 rings (SSSR count). The third-order valence-electron chi connectivity index (χ3n) is 2.62. The molecule has 2 saturated heterocycles. The number of rotatable bonds is 2. The van der Waals surface area contributed by atoms with Crippen LogP contribution in [-0.2, 0) is 9.59 Å². The van der Waals surface area contributed by atoms with Crippen LogP contribution in [0.25, 0.3) is 0 Å². The molecule has 0 aromatic carbocycles. The lowest BCUT2D eigenvalue weighted by Gasteiger charge is -2.28. The number of amides is 2. The second-order valence-electron chi connectivity index (χ2n) is 3.70. The molecule has 0 aromatic rings. The second-order valence-corrected chi connectivity index (χ2v) is 4.66. The highest BCUT2D eigenvalue weighted by atomic mass is 35.5. The zero-order valence-corrected chi connectivity index (χ0v) is 10.6. The van der Waals surface area contributed by atoms with E-state index in [-0.39, 0.29) is 30.8 Å². The monoisotopic (exact) mass is 265 g/mol. The van der Waals surface area contributed by atoms with Gasteiger partial charge in [0.05, 0.1) is 11.6 Å². The Morgan fingerprint density at radius 3 is 2.62 bits per heavy atom. The summed E-state index contributed by atoms with van der Waals surface area (Å²) < 4.78 is 0. The van der Waals surface area contributed by atoms with Crippen LogP contribution in [0.3, 0.4) is 0 Å². The molecular formula is C9H16ClN3O2S. The van der Waals surface area contributed by atoms with E-state index in [2.05, 4.69) is 5.32 Å². The van der Waals surface area contributed by atoms with E-state index in [4.69, 9.17) is 0 Å². The zero-order valence-electron chi connectivity index (χ0n) is 8.98. The molecule has 0 saturated carbocycles. The molecule has 7 heteroatoms. The molecule has 16 heavy (non-hydrogen) atoms. The molecule has 0 radical (unpaired) electrons. The first-order valence-corrected chi connectivity index (χ1v) is 6.27. The molecule has 0 atom stereocenters. The Hall–Kier alpha value is -0.460. The van der Waals surface area contributed by atoms with Gasteiger partial charge in [0.15, 0.2) is 0 Å². The van der Waals surface area contributed by atoms with Crippen LogP contribution in [0.5, 0.6) is 0 Å². The van der Waals surface area contributed by atoms with Crippen molar-refractivity contribution in [2.45, 2.75) is 0 Å². The molecule has 2 aliphatic rings. The van der Waals surface area contributed by atoms with Gasteiger partial charge in [-0.1, -0.05) is 0 Å². The van der Waals surface area contributed by atoms with Gasteiger partial charge in [0.25, 0.3) is 0 Å². The average molecular weight is 266 g/mol. The maximum absolute atomic E-state index is 11.8. The SMILES string of the molecule is Cl.O=C(CN1CSCC1=O)N1CCNCC1. The molecule has 2 heterocycles. The molecular weight excluding hydrogens is 250 g/mol. The average Bonchev–Trinajstić information content (AvgIpc) is 2.66. The molecule has 0 aliphatic carbocycles. The highest BCUT2D eigenvalue weighted by Gasteiger charge is 2.25. The fraction of sp³-hybridized carbons (Fsp3) is 0.778. The van der Waals surface area contributed by atoms with Crippen molar-refractivity contribution >= 4 is 36.0 Å². The maximum Gasteiger partial charge on any atom is 0.242 e. The summed E-state index contributed by atoms with van der Waals surface area (Å²) in [7, 11) is 0. The van der Waals surface area contributed by atoms with Crippen LogP contribution < -0.4 is 5.32 Å². The normalized spacial score (nSPS) is 20.9. The Morgan fingerprint density at radius 2 is 2.06 bits per heavy atom. The molecule has 2 fully saturated rings. The Labute approximate surface area is 105 Å². The quantitative estimate of drug-likeness (QED) is 0.723. The lowest BCUT2D eigenvalue weighted by atomic mass is 10.3. The summed E-state index contributed by atoms with van der Waals surface area (Å²) in [6.45, 7) is 3.48. The molecule has 5 nitrogen and oxygen atoms in total. The Balaban J connectivity index is 0.00000128. The van der Waals surface area contributed by atoms with Gasteiger partial charge in [-0.3, -0.25) is 9.59 Å². The standard InChI is InChI=1S/C9H15N3O2S.ClH/c13-8(11-3-1-10-2-4-11)5-12-7-15-6-9(12)14;/h10H,1-7H2;1H. The Kier molecular flexibility index (Phi) is 5.37. The van der Waals surface area contributed by atoms with E-state index in [1.54, 1.807) is 16.7 Å². The van der Waals surface area contributed by atoms with E-state index in [1.807, 2.05) is 4.90 Å². The van der Waals surface area contributed by atoms with Crippen molar-refractivity contribution in [3.05, 3.63) is 0 Å². The minimum Gasteiger partial charge on any atom is -0.339 e. The van der Waals surface area contributed by atoms with E-state index >= 15 is 0 Å². The van der Waals surface area contributed by atoms with E-state index in [9.17, 15) is 9.59 Å². The third kappa shape index (κ3) is 3.26. The smallest absolute Gasteiger partial charge is 0.242 e. The summed E-state index contributed by atoms with van der Waals surface area (Å²) in [5, 5.41) is 3.19. The van der Waals surface area contributed by atoms with Gasteiger partial charge < -0.3 is 15.1 Å². The van der Waals surface area contributed by atoms with Crippen LogP contribution in [0.1, 0.15) is 0 Å². The van der Waals surface area contributed by atoms with Crippen molar-refractivity contribution in [2.24, 2.45) is 0 Å². The van der Waals surface area contributed by atoms with Crippen LogP contribution >= 0.6 is 24.2 Å². The fourth-order valence-electron chi connectivity index (χ4n) is 1.72. The number of thioether (sulfide) groups is 1. The van der Waals surface area contributed by atoms with Gasteiger partial charge in [0, 0.05) is 26.2 Å². The van der Waals surface area contributed by atoms with Crippen molar-refractivity contribution in [1.29, 1.82) is 0 Å². The number of hydrogen-bond donors (Lipinski definition) is 1. The van der Waals surface area contributed by atoms with Crippen LogP contribution in [0.4, 0.5) is 0 Å². The number of carbonyl (C=O) groups excluding carboxylic acids is 2. The maximum atomic E-state index is 11.8. The predicted molar refractivity (Wildman–Crippen MR) is 65.7 cm³/mol. The van der Waals surface area contributed by atoms with Crippen LogP contribution in [-0.4, -0.2) is 66.0 Å². The van der Waals surface area contributed by atoms with Crippen molar-refractivity contribution < 1.29 is 9.59 Å². The Morgan fingerprint density at radius 1 is 1.38 bits per heavy atom.